The van der Waals surface area contributed by atoms with E-state index in [1.54, 1.807) is 4.90 Å². The number of hydrogen-bond acceptors (Lipinski definition) is 3. The number of carboxylic acid groups (broad SMARTS) is 1. The highest BCUT2D eigenvalue weighted by atomic mass is 16.6. The van der Waals surface area contributed by atoms with Crippen molar-refractivity contribution in [1.29, 1.82) is 0 Å². The average molecular weight is 254 g/mol. The van der Waals surface area contributed by atoms with Crippen molar-refractivity contribution >= 4 is 12.2 Å². The van der Waals surface area contributed by atoms with Gasteiger partial charge in [0, 0.05) is 26.2 Å². The Hall–Kier alpha value is -1.72. The van der Waals surface area contributed by atoms with Gasteiger partial charge in [-0.1, -0.05) is 0 Å². The SMILES string of the molecule is CC(C)(C)OC(=O)N1CC2=C(CN(C(=O)O)C2)C1. The third kappa shape index (κ3) is 2.57. The van der Waals surface area contributed by atoms with Gasteiger partial charge in [0.05, 0.1) is 0 Å². The second kappa shape index (κ2) is 4.19. The molecule has 0 saturated carbocycles. The average Bonchev–Trinajstić information content (AvgIpc) is 2.69. The molecule has 0 unspecified atom stereocenters. The van der Waals surface area contributed by atoms with Gasteiger partial charge in [0.15, 0.2) is 0 Å². The van der Waals surface area contributed by atoms with Crippen molar-refractivity contribution in [3.05, 3.63) is 11.1 Å². The summed E-state index contributed by atoms with van der Waals surface area (Å²) in [5.74, 6) is 0. The summed E-state index contributed by atoms with van der Waals surface area (Å²) in [6.45, 7) is 7.26. The molecule has 0 fully saturated rings. The Kier molecular flexibility index (Phi) is 2.96. The van der Waals surface area contributed by atoms with Crippen LogP contribution in [0.25, 0.3) is 0 Å². The summed E-state index contributed by atoms with van der Waals surface area (Å²) in [7, 11) is 0. The summed E-state index contributed by atoms with van der Waals surface area (Å²) in [5, 5.41) is 8.89. The molecule has 2 aliphatic rings. The Morgan fingerprint density at radius 2 is 1.50 bits per heavy atom. The third-order valence-corrected chi connectivity index (χ3v) is 2.95. The highest BCUT2D eigenvalue weighted by Crippen LogP contribution is 2.26. The van der Waals surface area contributed by atoms with Crippen molar-refractivity contribution in [2.45, 2.75) is 26.4 Å². The molecule has 2 rings (SSSR count). The highest BCUT2D eigenvalue weighted by Gasteiger charge is 2.35. The summed E-state index contributed by atoms with van der Waals surface area (Å²) in [6.07, 6.45) is -1.24. The van der Waals surface area contributed by atoms with E-state index in [9.17, 15) is 9.59 Å². The molecule has 2 heterocycles. The fraction of sp³-hybridized carbons (Fsp3) is 0.667. The summed E-state index contributed by atoms with van der Waals surface area (Å²) in [6, 6.07) is 0. The molecule has 100 valence electrons. The first-order chi connectivity index (χ1) is 8.26. The molecule has 2 amide bonds. The molecule has 0 bridgehead atoms. The number of rotatable bonds is 0. The summed E-state index contributed by atoms with van der Waals surface area (Å²) < 4.78 is 5.29. The standard InChI is InChI=1S/C12H18N2O4/c1-12(2,3)18-11(17)14-6-8-4-13(10(15)16)5-9(8)7-14/h4-7H2,1-3H3,(H,15,16). The first-order valence-corrected chi connectivity index (χ1v) is 5.92. The van der Waals surface area contributed by atoms with Crippen molar-refractivity contribution < 1.29 is 19.4 Å². The Labute approximate surface area is 106 Å². The molecule has 2 aliphatic heterocycles. The molecule has 0 spiro atoms. The lowest BCUT2D eigenvalue weighted by Gasteiger charge is -2.26. The normalized spacial score (nSPS) is 19.3. The molecule has 6 nitrogen and oxygen atoms in total. The van der Waals surface area contributed by atoms with Crippen LogP contribution in [0.4, 0.5) is 9.59 Å². The maximum absolute atomic E-state index is 11.9. The molecule has 0 aromatic carbocycles. The molecule has 1 N–H and O–H groups in total. The van der Waals surface area contributed by atoms with Crippen molar-refractivity contribution in [3.63, 3.8) is 0 Å². The second-order valence-corrected chi connectivity index (χ2v) is 5.68. The number of nitrogens with zero attached hydrogens (tertiary/aromatic N) is 2. The van der Waals surface area contributed by atoms with Crippen molar-refractivity contribution in [3.8, 4) is 0 Å². The van der Waals surface area contributed by atoms with Gasteiger partial charge < -0.3 is 19.6 Å². The van der Waals surface area contributed by atoms with Gasteiger partial charge in [-0.05, 0) is 31.9 Å². The lowest BCUT2D eigenvalue weighted by Crippen LogP contribution is -2.38. The third-order valence-electron chi connectivity index (χ3n) is 2.95. The van der Waals surface area contributed by atoms with Crippen LogP contribution in [0, 0.1) is 0 Å². The Bertz CT molecular complexity index is 404. The zero-order valence-electron chi connectivity index (χ0n) is 10.9. The highest BCUT2D eigenvalue weighted by molar-refractivity contribution is 5.72. The van der Waals surface area contributed by atoms with Gasteiger partial charge in [-0.15, -0.1) is 0 Å². The minimum Gasteiger partial charge on any atom is -0.465 e. The number of hydrogen-bond donors (Lipinski definition) is 1. The molecular formula is C12H18N2O4. The Morgan fingerprint density at radius 3 is 1.89 bits per heavy atom. The smallest absolute Gasteiger partial charge is 0.410 e. The first kappa shape index (κ1) is 12.7. The predicted octanol–water partition coefficient (Wildman–Crippen LogP) is 1.53. The maximum Gasteiger partial charge on any atom is 0.410 e. The van der Waals surface area contributed by atoms with Crippen LogP contribution >= 0.6 is 0 Å². The van der Waals surface area contributed by atoms with E-state index >= 15 is 0 Å². The maximum atomic E-state index is 11.9. The summed E-state index contributed by atoms with van der Waals surface area (Å²) in [5.41, 5.74) is 1.56. The first-order valence-electron chi connectivity index (χ1n) is 5.92. The van der Waals surface area contributed by atoms with E-state index in [0.29, 0.717) is 26.2 Å². The zero-order valence-corrected chi connectivity index (χ0v) is 10.9. The van der Waals surface area contributed by atoms with E-state index in [-0.39, 0.29) is 6.09 Å². The van der Waals surface area contributed by atoms with Gasteiger partial charge in [0.25, 0.3) is 0 Å². The van der Waals surface area contributed by atoms with Crippen LogP contribution in [0.15, 0.2) is 11.1 Å². The van der Waals surface area contributed by atoms with Gasteiger partial charge in [-0.3, -0.25) is 0 Å². The van der Waals surface area contributed by atoms with Crippen molar-refractivity contribution in [1.82, 2.24) is 9.80 Å². The molecule has 0 radical (unpaired) electrons. The van der Waals surface area contributed by atoms with Crippen LogP contribution in [0.2, 0.25) is 0 Å². The van der Waals surface area contributed by atoms with Crippen LogP contribution in [0.5, 0.6) is 0 Å². The topological polar surface area (TPSA) is 70.1 Å². The number of amides is 2. The lowest BCUT2D eigenvalue weighted by molar-refractivity contribution is 0.0294. The van der Waals surface area contributed by atoms with Gasteiger partial charge in [-0.2, -0.15) is 0 Å². The number of ether oxygens (including phenoxy) is 1. The number of carbonyl (C=O) groups excluding carboxylic acids is 1. The van der Waals surface area contributed by atoms with Crippen LogP contribution in [0.3, 0.4) is 0 Å². The summed E-state index contributed by atoms with van der Waals surface area (Å²) in [4.78, 5) is 25.7. The van der Waals surface area contributed by atoms with E-state index in [4.69, 9.17) is 9.84 Å². The molecule has 0 atom stereocenters. The molecule has 6 heteroatoms. The van der Waals surface area contributed by atoms with Crippen LogP contribution in [-0.2, 0) is 4.74 Å². The lowest BCUT2D eigenvalue weighted by atomic mass is 10.2. The zero-order chi connectivity index (χ0) is 13.5. The van der Waals surface area contributed by atoms with Gasteiger partial charge in [-0.25, -0.2) is 9.59 Å². The fourth-order valence-electron chi connectivity index (χ4n) is 2.17. The monoisotopic (exact) mass is 254 g/mol. The molecular weight excluding hydrogens is 236 g/mol. The Morgan fingerprint density at radius 1 is 1.06 bits per heavy atom. The van der Waals surface area contributed by atoms with Gasteiger partial charge >= 0.3 is 12.2 Å². The van der Waals surface area contributed by atoms with Gasteiger partial charge in [0.1, 0.15) is 5.60 Å². The van der Waals surface area contributed by atoms with Crippen LogP contribution in [0.1, 0.15) is 20.8 Å². The molecule has 0 aromatic rings. The largest absolute Gasteiger partial charge is 0.465 e. The fourth-order valence-corrected chi connectivity index (χ4v) is 2.17. The molecule has 0 aliphatic carbocycles. The predicted molar refractivity (Wildman–Crippen MR) is 64.4 cm³/mol. The molecule has 0 aromatic heterocycles. The van der Waals surface area contributed by atoms with Gasteiger partial charge in [0.2, 0.25) is 0 Å². The van der Waals surface area contributed by atoms with Crippen molar-refractivity contribution in [2.24, 2.45) is 0 Å². The Balaban J connectivity index is 1.90. The van der Waals surface area contributed by atoms with E-state index in [2.05, 4.69) is 0 Å². The molecule has 0 saturated heterocycles. The van der Waals surface area contributed by atoms with Crippen LogP contribution < -0.4 is 0 Å². The van der Waals surface area contributed by atoms with E-state index in [0.717, 1.165) is 11.1 Å². The quantitative estimate of drug-likeness (QED) is 0.665. The van der Waals surface area contributed by atoms with E-state index in [1.165, 1.54) is 4.90 Å². The minimum atomic E-state index is -0.909. The van der Waals surface area contributed by atoms with Crippen LogP contribution in [-0.4, -0.2) is 58.9 Å². The minimum absolute atomic E-state index is 0.334. The number of carbonyl (C=O) groups is 2. The van der Waals surface area contributed by atoms with Crippen molar-refractivity contribution in [2.75, 3.05) is 26.2 Å². The molecule has 18 heavy (non-hydrogen) atoms. The van der Waals surface area contributed by atoms with E-state index < -0.39 is 11.7 Å². The second-order valence-electron chi connectivity index (χ2n) is 5.68. The summed E-state index contributed by atoms with van der Waals surface area (Å²) >= 11 is 0. The van der Waals surface area contributed by atoms with E-state index in [1.807, 2.05) is 20.8 Å².